The van der Waals surface area contributed by atoms with E-state index in [0.717, 1.165) is 25.7 Å². The van der Waals surface area contributed by atoms with Crippen molar-refractivity contribution in [1.29, 1.82) is 0 Å². The number of aryl methyl sites for hydroxylation is 1. The van der Waals surface area contributed by atoms with Crippen LogP contribution in [0.15, 0.2) is 103 Å². The van der Waals surface area contributed by atoms with Crippen molar-refractivity contribution in [2.75, 3.05) is 0 Å². The van der Waals surface area contributed by atoms with E-state index >= 15 is 0 Å². The van der Waals surface area contributed by atoms with Gasteiger partial charge >= 0.3 is 5.97 Å². The van der Waals surface area contributed by atoms with Gasteiger partial charge in [0.25, 0.3) is 0 Å². The van der Waals surface area contributed by atoms with Crippen LogP contribution in [-0.4, -0.2) is 11.1 Å². The number of rotatable bonds is 11. The number of carboxylic acids is 1. The lowest BCUT2D eigenvalue weighted by atomic mass is 9.80. The van der Waals surface area contributed by atoms with Crippen molar-refractivity contribution >= 4 is 5.97 Å². The van der Waals surface area contributed by atoms with E-state index in [0.29, 0.717) is 18.3 Å². The summed E-state index contributed by atoms with van der Waals surface area (Å²) in [5.74, 6) is -0.191. The Morgan fingerprint density at radius 1 is 0.733 bits per heavy atom. The molecule has 0 bridgehead atoms. The predicted octanol–water partition coefficient (Wildman–Crippen LogP) is 7.00. The molecule has 3 aromatic rings. The lowest BCUT2D eigenvalue weighted by Gasteiger charge is -2.25. The highest BCUT2D eigenvalue weighted by Gasteiger charge is 2.21. The fourth-order valence-electron chi connectivity index (χ4n) is 4.08. The molecule has 0 aliphatic rings. The van der Waals surface area contributed by atoms with Crippen molar-refractivity contribution in [2.24, 2.45) is 0 Å². The summed E-state index contributed by atoms with van der Waals surface area (Å²) in [7, 11) is 0. The van der Waals surface area contributed by atoms with Crippen LogP contribution in [0.5, 0.6) is 0 Å². The highest BCUT2D eigenvalue weighted by atomic mass is 16.4. The molecule has 2 atom stereocenters. The molecule has 0 amide bonds. The van der Waals surface area contributed by atoms with Crippen LogP contribution in [0.2, 0.25) is 0 Å². The molecule has 2 unspecified atom stereocenters. The Morgan fingerprint density at radius 3 is 1.70 bits per heavy atom. The van der Waals surface area contributed by atoms with Crippen molar-refractivity contribution in [1.82, 2.24) is 0 Å². The van der Waals surface area contributed by atoms with Gasteiger partial charge in [0.15, 0.2) is 0 Å². The highest BCUT2D eigenvalue weighted by molar-refractivity contribution is 5.85. The van der Waals surface area contributed by atoms with E-state index in [1.807, 2.05) is 6.07 Å². The molecule has 0 saturated carbocycles. The van der Waals surface area contributed by atoms with Gasteiger partial charge in [0, 0.05) is 5.57 Å². The molecule has 2 nitrogen and oxygen atoms in total. The van der Waals surface area contributed by atoms with Gasteiger partial charge in [0.1, 0.15) is 0 Å². The molecular weight excluding hydrogens is 368 g/mol. The fourth-order valence-corrected chi connectivity index (χ4v) is 4.08. The van der Waals surface area contributed by atoms with Crippen molar-refractivity contribution in [3.8, 4) is 0 Å². The van der Waals surface area contributed by atoms with Crippen LogP contribution >= 0.6 is 0 Å². The molecular formula is C28H30O2. The average molecular weight is 399 g/mol. The summed E-state index contributed by atoms with van der Waals surface area (Å²) in [5.41, 5.74) is 4.27. The van der Waals surface area contributed by atoms with Crippen molar-refractivity contribution in [3.63, 3.8) is 0 Å². The third kappa shape index (κ3) is 6.45. The van der Waals surface area contributed by atoms with Crippen LogP contribution in [0, 0.1) is 0 Å². The summed E-state index contributed by atoms with van der Waals surface area (Å²) < 4.78 is 0. The molecule has 0 heterocycles. The normalized spacial score (nSPS) is 12.8. The largest absolute Gasteiger partial charge is 0.478 e. The molecule has 30 heavy (non-hydrogen) atoms. The average Bonchev–Trinajstić information content (AvgIpc) is 2.80. The minimum absolute atomic E-state index is 0.288. The van der Waals surface area contributed by atoms with E-state index in [1.54, 1.807) is 0 Å². The lowest BCUT2D eigenvalue weighted by molar-refractivity contribution is -0.132. The van der Waals surface area contributed by atoms with Gasteiger partial charge in [0.2, 0.25) is 0 Å². The van der Waals surface area contributed by atoms with E-state index < -0.39 is 5.97 Å². The van der Waals surface area contributed by atoms with Gasteiger partial charge in [0.05, 0.1) is 0 Å². The van der Waals surface area contributed by atoms with Crippen molar-refractivity contribution in [3.05, 3.63) is 120 Å². The predicted molar refractivity (Wildman–Crippen MR) is 124 cm³/mol. The Labute approximate surface area is 179 Å². The number of hydrogen-bond donors (Lipinski definition) is 1. The summed E-state index contributed by atoms with van der Waals surface area (Å²) in [6, 6.07) is 31.8. The van der Waals surface area contributed by atoms with Crippen LogP contribution in [0.1, 0.15) is 54.2 Å². The van der Waals surface area contributed by atoms with E-state index in [-0.39, 0.29) is 5.57 Å². The molecule has 3 aromatic carbocycles. The lowest BCUT2D eigenvalue weighted by Crippen LogP contribution is -2.10. The molecule has 2 heteroatoms. The summed E-state index contributed by atoms with van der Waals surface area (Å²) in [4.78, 5) is 11.3. The first-order valence-electron chi connectivity index (χ1n) is 10.7. The minimum atomic E-state index is -0.898. The molecule has 0 fully saturated rings. The highest BCUT2D eigenvalue weighted by Crippen LogP contribution is 2.36. The molecule has 3 rings (SSSR count). The third-order valence-corrected chi connectivity index (χ3v) is 5.83. The first-order chi connectivity index (χ1) is 14.6. The van der Waals surface area contributed by atoms with Gasteiger partial charge < -0.3 is 5.11 Å². The number of aliphatic carboxylic acids is 1. The van der Waals surface area contributed by atoms with Gasteiger partial charge in [-0.1, -0.05) is 97.6 Å². The van der Waals surface area contributed by atoms with Gasteiger partial charge in [-0.15, -0.1) is 0 Å². The standard InChI is InChI=1S/C28H30O2/c1-22(28(29)30)17-19-26(24-13-7-3-8-14-24)21-27(25-15-9-4-10-16-25)20-18-23-11-5-2-6-12-23/h2-16,26-27H,1,17-21H2,(H,29,30). The molecule has 0 aliphatic heterocycles. The van der Waals surface area contributed by atoms with Crippen LogP contribution in [0.3, 0.4) is 0 Å². The Hall–Kier alpha value is -3.13. The monoisotopic (exact) mass is 398 g/mol. The van der Waals surface area contributed by atoms with Gasteiger partial charge in [-0.3, -0.25) is 0 Å². The van der Waals surface area contributed by atoms with Gasteiger partial charge in [-0.25, -0.2) is 4.79 Å². The molecule has 0 saturated heterocycles. The Balaban J connectivity index is 1.79. The Bertz CT molecular complexity index is 917. The summed E-state index contributed by atoms with van der Waals surface area (Å²) >= 11 is 0. The zero-order chi connectivity index (χ0) is 21.2. The van der Waals surface area contributed by atoms with E-state index in [4.69, 9.17) is 0 Å². The molecule has 0 aliphatic carbocycles. The second-order valence-electron chi connectivity index (χ2n) is 7.92. The quantitative estimate of drug-likeness (QED) is 0.353. The molecule has 1 N–H and O–H groups in total. The van der Waals surface area contributed by atoms with Gasteiger partial charge in [-0.05, 0) is 60.6 Å². The number of carboxylic acid groups (broad SMARTS) is 1. The van der Waals surface area contributed by atoms with Crippen LogP contribution in [-0.2, 0) is 11.2 Å². The summed E-state index contributed by atoms with van der Waals surface area (Å²) in [5, 5.41) is 9.24. The molecule has 0 aromatic heterocycles. The van der Waals surface area contributed by atoms with E-state index in [2.05, 4.69) is 91.5 Å². The maximum Gasteiger partial charge on any atom is 0.330 e. The van der Waals surface area contributed by atoms with Crippen LogP contribution < -0.4 is 0 Å². The molecule has 0 spiro atoms. The maximum atomic E-state index is 11.3. The van der Waals surface area contributed by atoms with E-state index in [9.17, 15) is 9.90 Å². The molecule has 154 valence electrons. The Kier molecular flexibility index (Phi) is 8.02. The van der Waals surface area contributed by atoms with Crippen LogP contribution in [0.25, 0.3) is 0 Å². The van der Waals surface area contributed by atoms with Crippen molar-refractivity contribution in [2.45, 2.75) is 43.9 Å². The first kappa shape index (κ1) is 21.6. The minimum Gasteiger partial charge on any atom is -0.478 e. The summed E-state index contributed by atoms with van der Waals surface area (Å²) in [6.45, 7) is 3.73. The molecule has 0 radical (unpaired) electrons. The zero-order valence-corrected chi connectivity index (χ0v) is 17.4. The SMILES string of the molecule is C=C(CCC(CC(CCc1ccccc1)c1ccccc1)c1ccccc1)C(=O)O. The fraction of sp³-hybridized carbons (Fsp3) is 0.250. The number of benzene rings is 3. The van der Waals surface area contributed by atoms with Gasteiger partial charge in [-0.2, -0.15) is 0 Å². The smallest absolute Gasteiger partial charge is 0.330 e. The second-order valence-corrected chi connectivity index (χ2v) is 7.92. The van der Waals surface area contributed by atoms with E-state index in [1.165, 1.54) is 16.7 Å². The maximum absolute atomic E-state index is 11.3. The summed E-state index contributed by atoms with van der Waals surface area (Å²) in [6.07, 6.45) is 4.40. The third-order valence-electron chi connectivity index (χ3n) is 5.83. The first-order valence-corrected chi connectivity index (χ1v) is 10.7. The topological polar surface area (TPSA) is 37.3 Å². The van der Waals surface area contributed by atoms with Crippen LogP contribution in [0.4, 0.5) is 0 Å². The Morgan fingerprint density at radius 2 is 1.20 bits per heavy atom. The second kappa shape index (κ2) is 11.2. The number of carbonyl (C=O) groups is 1. The zero-order valence-electron chi connectivity index (χ0n) is 17.4. The number of hydrogen-bond acceptors (Lipinski definition) is 1. The van der Waals surface area contributed by atoms with Crippen molar-refractivity contribution < 1.29 is 9.90 Å².